The molecule has 1 aliphatic carbocycles. The van der Waals surface area contributed by atoms with Gasteiger partial charge < -0.3 is 105 Å². The SMILES string of the molecule is CC1OC(OCC2OC(OC3=C(c4cc(O)c(O)c(O)c4)[OH+]C4C=C(O)C=C(OC5OC(CO)C(O)C(O)C5O)C4=C3)C(O)C(O)C2O)C(O)C(O)C1O. The second kappa shape index (κ2) is 15.8. The van der Waals surface area contributed by atoms with Crippen LogP contribution in [0.1, 0.15) is 12.5 Å². The number of rotatable bonds is 9. The number of benzene rings is 1. The first-order valence-electron chi connectivity index (χ1n) is 16.7. The van der Waals surface area contributed by atoms with Gasteiger partial charge in [-0.25, -0.2) is 0 Å². The summed E-state index contributed by atoms with van der Waals surface area (Å²) in [6, 6.07) is 2.00. The van der Waals surface area contributed by atoms with Crippen molar-refractivity contribution in [3.8, 4) is 17.2 Å². The van der Waals surface area contributed by atoms with Gasteiger partial charge in [0.1, 0.15) is 78.7 Å². The van der Waals surface area contributed by atoms with Crippen molar-refractivity contribution in [2.75, 3.05) is 13.2 Å². The van der Waals surface area contributed by atoms with Gasteiger partial charge in [0, 0.05) is 24.3 Å². The minimum absolute atomic E-state index is 0.0693. The van der Waals surface area contributed by atoms with Crippen molar-refractivity contribution in [2.24, 2.45) is 0 Å². The highest BCUT2D eigenvalue weighted by Crippen LogP contribution is 2.43. The molecule has 5 aliphatic rings. The van der Waals surface area contributed by atoms with E-state index >= 15 is 0 Å². The maximum atomic E-state index is 11.0. The monoisotopic (exact) mass is 775 g/mol. The van der Waals surface area contributed by atoms with Crippen molar-refractivity contribution in [3.05, 3.63) is 58.8 Å². The van der Waals surface area contributed by atoms with Crippen LogP contribution >= 0.6 is 0 Å². The summed E-state index contributed by atoms with van der Waals surface area (Å²) < 4.78 is 38.5. The first kappa shape index (κ1) is 39.9. The fraction of sp³-hybridized carbons (Fsp3) is 0.576. The zero-order chi connectivity index (χ0) is 39.3. The molecule has 0 spiro atoms. The van der Waals surface area contributed by atoms with Gasteiger partial charge in [0.2, 0.25) is 24.4 Å². The van der Waals surface area contributed by atoms with Gasteiger partial charge in [-0.05, 0) is 6.92 Å². The van der Waals surface area contributed by atoms with E-state index in [1.807, 2.05) is 0 Å². The highest BCUT2D eigenvalue weighted by Gasteiger charge is 2.50. The molecule has 4 heterocycles. The predicted molar refractivity (Wildman–Crippen MR) is 172 cm³/mol. The van der Waals surface area contributed by atoms with Crippen molar-refractivity contribution >= 4 is 5.76 Å². The summed E-state index contributed by atoms with van der Waals surface area (Å²) in [5.41, 5.74) is -0.0178. The Balaban J connectivity index is 1.32. The number of ether oxygens (including phenoxy) is 7. The van der Waals surface area contributed by atoms with E-state index in [2.05, 4.69) is 4.74 Å². The zero-order valence-electron chi connectivity index (χ0n) is 28.2. The standard InChI is InChI=1S/C33H42O21/c1-9-20(38)24(42)27(45)31(49-9)48-8-19-23(41)26(44)29(47)33(54-19)52-17-6-12-15(50-30(17)10-2-13(36)21(39)14(37)3-10)4-11(35)5-16(12)51-32-28(46)25(43)22(40)18(7-34)53-32/h2-6,9,15,18-20,22-29,31-47H,7-8H2,1H3/p+1. The van der Waals surface area contributed by atoms with Crippen LogP contribution in [0.3, 0.4) is 0 Å². The van der Waals surface area contributed by atoms with Crippen LogP contribution < -0.4 is 0 Å². The van der Waals surface area contributed by atoms with Crippen LogP contribution in [0, 0.1) is 0 Å². The van der Waals surface area contributed by atoms with Crippen molar-refractivity contribution < 1.29 is 105 Å². The molecule has 1 aromatic rings. The molecule has 0 radical (unpaired) electrons. The fourth-order valence-electron chi connectivity index (χ4n) is 6.40. The van der Waals surface area contributed by atoms with Crippen LogP contribution in [0.15, 0.2) is 53.2 Å². The summed E-state index contributed by atoms with van der Waals surface area (Å²) in [7, 11) is 0. The molecule has 0 amide bonds. The molecular weight excluding hydrogens is 732 g/mol. The Morgan fingerprint density at radius 3 is 1.83 bits per heavy atom. The molecule has 21 nitrogen and oxygen atoms in total. The van der Waals surface area contributed by atoms with Crippen LogP contribution in [0.25, 0.3) is 5.76 Å². The zero-order valence-corrected chi connectivity index (χ0v) is 28.2. The average Bonchev–Trinajstić information content (AvgIpc) is 3.14. The summed E-state index contributed by atoms with van der Waals surface area (Å²) in [6.45, 7) is 0.0319. The Hall–Kier alpha value is -3.78. The van der Waals surface area contributed by atoms with Gasteiger partial charge in [-0.15, -0.1) is 0 Å². The summed E-state index contributed by atoms with van der Waals surface area (Å²) >= 11 is 0. The molecule has 4 aliphatic heterocycles. The van der Waals surface area contributed by atoms with Crippen LogP contribution in [0.5, 0.6) is 17.2 Å². The lowest BCUT2D eigenvalue weighted by Gasteiger charge is -2.42. The van der Waals surface area contributed by atoms with Crippen molar-refractivity contribution in [1.82, 2.24) is 0 Å². The van der Waals surface area contributed by atoms with E-state index in [9.17, 15) is 71.5 Å². The van der Waals surface area contributed by atoms with Gasteiger partial charge in [-0.3, -0.25) is 0 Å². The highest BCUT2D eigenvalue weighted by molar-refractivity contribution is 5.71. The Bertz CT molecular complexity index is 1630. The Kier molecular flexibility index (Phi) is 11.6. The first-order chi connectivity index (χ1) is 25.5. The summed E-state index contributed by atoms with van der Waals surface area (Å²) in [5, 5.41) is 145. The van der Waals surface area contributed by atoms with E-state index in [-0.39, 0.29) is 28.4 Å². The van der Waals surface area contributed by atoms with Gasteiger partial charge in [-0.1, -0.05) is 0 Å². The molecule has 0 saturated carbocycles. The third kappa shape index (κ3) is 7.56. The second-order valence-corrected chi connectivity index (χ2v) is 13.3. The molecule has 16 atom stereocenters. The van der Waals surface area contributed by atoms with E-state index in [0.717, 1.165) is 18.2 Å². The molecule has 3 fully saturated rings. The fourth-order valence-corrected chi connectivity index (χ4v) is 6.40. The molecule has 0 aromatic heterocycles. The average molecular weight is 776 g/mol. The number of aliphatic hydroxyl groups is 13. The lowest BCUT2D eigenvalue weighted by Crippen LogP contribution is -2.61. The molecule has 54 heavy (non-hydrogen) atoms. The Morgan fingerprint density at radius 1 is 0.648 bits per heavy atom. The molecule has 300 valence electrons. The Morgan fingerprint density at radius 2 is 1.20 bits per heavy atom. The lowest BCUT2D eigenvalue weighted by atomic mass is 9.96. The molecule has 21 heteroatoms. The number of aromatic hydroxyl groups is 3. The smallest absolute Gasteiger partial charge is 0.305 e. The number of allylic oxidation sites excluding steroid dienone is 2. The number of phenols is 3. The minimum atomic E-state index is -1.97. The highest BCUT2D eigenvalue weighted by atomic mass is 16.7. The quantitative estimate of drug-likeness (QED) is 0.0826. The third-order valence-electron chi connectivity index (χ3n) is 9.58. The molecule has 0 bridgehead atoms. The number of hydrogen-bond donors (Lipinski definition) is 14. The van der Waals surface area contributed by atoms with Crippen LogP contribution in [-0.2, 0) is 28.4 Å². The van der Waals surface area contributed by atoms with Crippen LogP contribution in [0.4, 0.5) is 0 Å². The first-order valence-corrected chi connectivity index (χ1v) is 16.7. The Labute approximate surface area is 304 Å². The third-order valence-corrected chi connectivity index (χ3v) is 9.58. The number of hydrogen-bond acceptors (Lipinski definition) is 20. The minimum Gasteiger partial charge on any atom is -0.571 e. The molecular formula is C33H43O21+. The topological polar surface area (TPSA) is 351 Å². The van der Waals surface area contributed by atoms with E-state index in [4.69, 9.17) is 28.4 Å². The van der Waals surface area contributed by atoms with Crippen molar-refractivity contribution in [3.63, 3.8) is 0 Å². The van der Waals surface area contributed by atoms with Gasteiger partial charge in [-0.2, -0.15) is 0 Å². The van der Waals surface area contributed by atoms with E-state index in [1.54, 1.807) is 0 Å². The summed E-state index contributed by atoms with van der Waals surface area (Å²) in [6.07, 6.45) is -22.3. The number of fused-ring (bicyclic) bond motifs is 1. The molecule has 1 aromatic carbocycles. The van der Waals surface area contributed by atoms with E-state index in [0.29, 0.717) is 0 Å². The maximum Gasteiger partial charge on any atom is 0.305 e. The summed E-state index contributed by atoms with van der Waals surface area (Å²) in [4.78, 5) is 0. The predicted octanol–water partition coefficient (Wildman–Crippen LogP) is -4.87. The van der Waals surface area contributed by atoms with Crippen LogP contribution in [-0.4, -0.2) is 188 Å². The van der Waals surface area contributed by atoms with E-state index < -0.39 is 134 Å². The normalized spacial score (nSPS) is 41.2. The number of aliphatic hydroxyl groups excluding tert-OH is 11. The summed E-state index contributed by atoms with van der Waals surface area (Å²) in [5.74, 6) is -3.58. The largest absolute Gasteiger partial charge is 0.571 e. The van der Waals surface area contributed by atoms with Crippen LogP contribution in [0.2, 0.25) is 0 Å². The van der Waals surface area contributed by atoms with Gasteiger partial charge in [0.15, 0.2) is 23.5 Å². The molecule has 16 unspecified atom stereocenters. The van der Waals surface area contributed by atoms with Gasteiger partial charge in [0.05, 0.1) is 36.5 Å². The maximum absolute atomic E-state index is 11.0. The second-order valence-electron chi connectivity index (χ2n) is 13.3. The van der Waals surface area contributed by atoms with Gasteiger partial charge >= 0.3 is 5.76 Å². The van der Waals surface area contributed by atoms with Gasteiger partial charge in [0.25, 0.3) is 0 Å². The van der Waals surface area contributed by atoms with E-state index in [1.165, 1.54) is 19.1 Å². The molecule has 3 saturated heterocycles. The van der Waals surface area contributed by atoms with Crippen molar-refractivity contribution in [2.45, 2.75) is 105 Å². The lowest BCUT2D eigenvalue weighted by molar-refractivity contribution is -0.323. The van der Waals surface area contributed by atoms with Crippen molar-refractivity contribution in [1.29, 1.82) is 0 Å². The number of phenolic OH excluding ortho intramolecular Hbond substituents is 3. The molecule has 15 N–H and O–H groups in total. The molecule has 6 rings (SSSR count).